The monoisotopic (exact) mass is 702 g/mol. The highest BCUT2D eigenvalue weighted by molar-refractivity contribution is 7.25. The lowest BCUT2D eigenvalue weighted by molar-refractivity contribution is 0.508. The number of para-hydroxylation sites is 3. The lowest BCUT2D eigenvalue weighted by Crippen LogP contribution is -2.27. The Morgan fingerprint density at radius 1 is 0.472 bits per heavy atom. The van der Waals surface area contributed by atoms with Crippen LogP contribution in [0.25, 0.3) is 20.2 Å². The van der Waals surface area contributed by atoms with Gasteiger partial charge in [-0.1, -0.05) is 84.9 Å². The molecule has 258 valence electrons. The van der Waals surface area contributed by atoms with Crippen LogP contribution in [0.2, 0.25) is 0 Å². The molecular weight excluding hydrogens is 661 g/mol. The Labute approximate surface area is 316 Å². The molecule has 8 aromatic rings. The van der Waals surface area contributed by atoms with Gasteiger partial charge in [0.05, 0.1) is 17.1 Å². The number of fused-ring (bicyclic) bond motifs is 7. The van der Waals surface area contributed by atoms with Crippen LogP contribution in [0, 0.1) is 20.8 Å². The first-order chi connectivity index (χ1) is 26.0. The third-order valence-corrected chi connectivity index (χ3v) is 13.0. The van der Waals surface area contributed by atoms with Crippen LogP contribution < -0.4 is 9.80 Å². The summed E-state index contributed by atoms with van der Waals surface area (Å²) in [5, 5.41) is 2.76. The van der Waals surface area contributed by atoms with Crippen molar-refractivity contribution in [3.63, 3.8) is 0 Å². The largest absolute Gasteiger partial charge is 0.310 e. The van der Waals surface area contributed by atoms with Crippen molar-refractivity contribution in [2.75, 3.05) is 9.80 Å². The van der Waals surface area contributed by atoms with Crippen LogP contribution >= 0.6 is 11.3 Å². The standard InChI is InChI=1S/C50H42N2S/c1-33-29-35(3)47-41-31-34(2)44(32-45(41)53-46(47)30-33)52(40-21-11-6-12-22-40)43-24-14-16-37-26-28-50(49(37)43)27-25-36-15-13-23-42(48(36)50)51(38-17-7-4-8-18-38)39-19-9-5-10-20-39/h4-24,29-32H,25-28H2,1-3H3/t50-/m1/s1. The van der Waals surface area contributed by atoms with Gasteiger partial charge in [-0.3, -0.25) is 0 Å². The number of thiophene rings is 1. The molecule has 1 heterocycles. The molecule has 7 aromatic carbocycles. The molecular formula is C50H42N2S. The van der Waals surface area contributed by atoms with Crippen molar-refractivity contribution in [2.24, 2.45) is 0 Å². The molecule has 1 aromatic heterocycles. The van der Waals surface area contributed by atoms with Gasteiger partial charge in [0.1, 0.15) is 0 Å². The van der Waals surface area contributed by atoms with Crippen molar-refractivity contribution in [1.29, 1.82) is 0 Å². The molecule has 1 atom stereocenters. The second kappa shape index (κ2) is 12.5. The van der Waals surface area contributed by atoms with Crippen molar-refractivity contribution in [3.05, 3.63) is 191 Å². The van der Waals surface area contributed by atoms with Gasteiger partial charge in [0.2, 0.25) is 0 Å². The van der Waals surface area contributed by atoms with E-state index in [0.717, 1.165) is 25.7 Å². The van der Waals surface area contributed by atoms with Crippen molar-refractivity contribution in [2.45, 2.75) is 51.9 Å². The van der Waals surface area contributed by atoms with Crippen LogP contribution in [-0.2, 0) is 18.3 Å². The van der Waals surface area contributed by atoms with Crippen molar-refractivity contribution >= 4 is 65.6 Å². The maximum Gasteiger partial charge on any atom is 0.0505 e. The van der Waals surface area contributed by atoms with Gasteiger partial charge >= 0.3 is 0 Å². The summed E-state index contributed by atoms with van der Waals surface area (Å²) in [7, 11) is 0. The first kappa shape index (κ1) is 32.0. The zero-order valence-corrected chi connectivity index (χ0v) is 31.4. The topological polar surface area (TPSA) is 6.48 Å². The number of aryl methyl sites for hydroxylation is 5. The molecule has 2 aliphatic carbocycles. The van der Waals surface area contributed by atoms with Gasteiger partial charge in [0.15, 0.2) is 0 Å². The van der Waals surface area contributed by atoms with Crippen LogP contribution in [0.1, 0.15) is 51.8 Å². The fourth-order valence-electron chi connectivity index (χ4n) is 9.75. The molecule has 0 amide bonds. The molecule has 0 N–H and O–H groups in total. The summed E-state index contributed by atoms with van der Waals surface area (Å²) in [5.41, 5.74) is 17.2. The minimum Gasteiger partial charge on any atom is -0.310 e. The number of rotatable bonds is 6. The highest BCUT2D eigenvalue weighted by atomic mass is 32.1. The van der Waals surface area contributed by atoms with Gasteiger partial charge in [-0.2, -0.15) is 0 Å². The number of anilines is 6. The van der Waals surface area contributed by atoms with Crippen LogP contribution in [0.3, 0.4) is 0 Å². The Morgan fingerprint density at radius 3 is 1.57 bits per heavy atom. The molecule has 53 heavy (non-hydrogen) atoms. The minimum atomic E-state index is -0.114. The van der Waals surface area contributed by atoms with Crippen molar-refractivity contribution in [3.8, 4) is 0 Å². The van der Waals surface area contributed by atoms with Gasteiger partial charge in [0.25, 0.3) is 0 Å². The van der Waals surface area contributed by atoms with E-state index in [2.05, 4.69) is 182 Å². The summed E-state index contributed by atoms with van der Waals surface area (Å²) in [6.07, 6.45) is 4.36. The SMILES string of the molecule is Cc1cc(C)c2c(c1)sc1cc(N(c3ccccc3)c3cccc4c3[C@]3(CCc5cccc(N(c6ccccc6)c6ccccc6)c53)CC4)c(C)cc12. The predicted octanol–water partition coefficient (Wildman–Crippen LogP) is 14.1. The third-order valence-electron chi connectivity index (χ3n) is 11.9. The van der Waals surface area contributed by atoms with Crippen molar-refractivity contribution < 1.29 is 0 Å². The van der Waals surface area contributed by atoms with E-state index in [-0.39, 0.29) is 5.41 Å². The van der Waals surface area contributed by atoms with E-state index in [1.54, 1.807) is 0 Å². The average molecular weight is 703 g/mol. The quantitative estimate of drug-likeness (QED) is 0.170. The van der Waals surface area contributed by atoms with Crippen LogP contribution in [0.5, 0.6) is 0 Å². The molecule has 10 rings (SSSR count). The Morgan fingerprint density at radius 2 is 1.00 bits per heavy atom. The molecule has 0 saturated carbocycles. The maximum absolute atomic E-state index is 2.58. The van der Waals surface area contributed by atoms with Gasteiger partial charge in [-0.15, -0.1) is 11.3 Å². The molecule has 0 fully saturated rings. The number of hydrogen-bond acceptors (Lipinski definition) is 3. The molecule has 1 spiro atoms. The van der Waals surface area contributed by atoms with E-state index in [0.29, 0.717) is 0 Å². The number of hydrogen-bond donors (Lipinski definition) is 0. The van der Waals surface area contributed by atoms with Crippen LogP contribution in [0.15, 0.2) is 152 Å². The number of benzene rings is 7. The Balaban J connectivity index is 1.21. The molecule has 2 aliphatic rings. The summed E-state index contributed by atoms with van der Waals surface area (Å²) in [5.74, 6) is 0. The van der Waals surface area contributed by atoms with Crippen LogP contribution in [0.4, 0.5) is 34.1 Å². The van der Waals surface area contributed by atoms with Gasteiger partial charge < -0.3 is 9.80 Å². The lowest BCUT2D eigenvalue weighted by Gasteiger charge is -2.37. The molecule has 0 saturated heterocycles. The lowest BCUT2D eigenvalue weighted by atomic mass is 9.74. The molecule has 0 unspecified atom stereocenters. The fraction of sp³-hybridized carbons (Fsp3) is 0.160. The molecule has 0 radical (unpaired) electrons. The summed E-state index contributed by atoms with van der Waals surface area (Å²) in [6, 6.07) is 56.6. The van der Waals surface area contributed by atoms with E-state index in [9.17, 15) is 0 Å². The zero-order valence-electron chi connectivity index (χ0n) is 30.6. The van der Waals surface area contributed by atoms with Crippen LogP contribution in [-0.4, -0.2) is 0 Å². The highest BCUT2D eigenvalue weighted by Crippen LogP contribution is 2.60. The first-order valence-corrected chi connectivity index (χ1v) is 19.8. The predicted molar refractivity (Wildman–Crippen MR) is 227 cm³/mol. The summed E-state index contributed by atoms with van der Waals surface area (Å²) >= 11 is 1.92. The molecule has 3 heteroatoms. The van der Waals surface area contributed by atoms with Gasteiger partial charge in [0, 0.05) is 42.6 Å². The average Bonchev–Trinajstić information content (AvgIpc) is 3.87. The second-order valence-electron chi connectivity index (χ2n) is 15.1. The normalized spacial score (nSPS) is 16.0. The molecule has 0 aliphatic heterocycles. The molecule has 2 nitrogen and oxygen atoms in total. The minimum absolute atomic E-state index is 0.114. The first-order valence-electron chi connectivity index (χ1n) is 18.9. The summed E-state index contributed by atoms with van der Waals surface area (Å²) in [6.45, 7) is 6.78. The van der Waals surface area contributed by atoms with Gasteiger partial charge in [-0.25, -0.2) is 0 Å². The van der Waals surface area contributed by atoms with E-state index >= 15 is 0 Å². The fourth-order valence-corrected chi connectivity index (χ4v) is 11.0. The Kier molecular flexibility index (Phi) is 7.56. The van der Waals surface area contributed by atoms with E-state index < -0.39 is 0 Å². The van der Waals surface area contributed by atoms with Gasteiger partial charge in [-0.05, 0) is 152 Å². The molecule has 0 bridgehead atoms. The van der Waals surface area contributed by atoms with E-state index in [1.165, 1.54) is 93.2 Å². The smallest absolute Gasteiger partial charge is 0.0505 e. The summed E-state index contributed by atoms with van der Waals surface area (Å²) in [4.78, 5) is 5.07. The Hall–Kier alpha value is -5.64. The Bertz CT molecular complexity index is 2620. The van der Waals surface area contributed by atoms with Crippen molar-refractivity contribution in [1.82, 2.24) is 0 Å². The highest BCUT2D eigenvalue weighted by Gasteiger charge is 2.49. The van der Waals surface area contributed by atoms with E-state index in [4.69, 9.17) is 0 Å². The second-order valence-corrected chi connectivity index (χ2v) is 16.2. The maximum atomic E-state index is 2.58. The third kappa shape index (κ3) is 5.05. The number of nitrogens with zero attached hydrogens (tertiary/aromatic N) is 2. The van der Waals surface area contributed by atoms with E-state index in [1.807, 2.05) is 11.3 Å². The summed E-state index contributed by atoms with van der Waals surface area (Å²) < 4.78 is 2.71. The zero-order chi connectivity index (χ0) is 35.7.